The van der Waals surface area contributed by atoms with Crippen molar-refractivity contribution < 1.29 is 9.31 Å². The summed E-state index contributed by atoms with van der Waals surface area (Å²) in [6, 6.07) is 4.15. The fraction of sp³-hybridized carbons (Fsp3) is 0.538. The molecule has 5 nitrogen and oxygen atoms in total. The van der Waals surface area contributed by atoms with Crippen LogP contribution in [0.4, 0.5) is 10.1 Å². The molecule has 1 aromatic rings. The number of hydrogen-bond acceptors (Lipinski definition) is 4. The summed E-state index contributed by atoms with van der Waals surface area (Å²) in [6.07, 6.45) is 2.03. The van der Waals surface area contributed by atoms with Crippen molar-refractivity contribution >= 4 is 18.1 Å². The largest absolute Gasteiger partial charge is 0.317 e. The summed E-state index contributed by atoms with van der Waals surface area (Å²) in [5, 5.41) is 14.2. The lowest BCUT2D eigenvalue weighted by atomic mass is 10.0. The first-order valence-corrected chi connectivity index (χ1v) is 6.42. The maximum absolute atomic E-state index is 13.2. The van der Waals surface area contributed by atoms with Crippen LogP contribution in [0.1, 0.15) is 18.4 Å². The Morgan fingerprint density at radius 3 is 2.65 bits per heavy atom. The highest BCUT2D eigenvalue weighted by atomic mass is 35.5. The Bertz CT molecular complexity index is 465. The van der Waals surface area contributed by atoms with Gasteiger partial charge < -0.3 is 5.32 Å². The maximum Gasteiger partial charge on any atom is 0.274 e. The predicted molar refractivity (Wildman–Crippen MR) is 77.7 cm³/mol. The Morgan fingerprint density at radius 2 is 2.10 bits per heavy atom. The van der Waals surface area contributed by atoms with E-state index in [2.05, 4.69) is 10.2 Å². The minimum atomic E-state index is -0.449. The summed E-state index contributed by atoms with van der Waals surface area (Å²) >= 11 is 0. The maximum atomic E-state index is 13.2. The molecule has 112 valence electrons. The van der Waals surface area contributed by atoms with Gasteiger partial charge in [-0.3, -0.25) is 15.0 Å². The van der Waals surface area contributed by atoms with Gasteiger partial charge >= 0.3 is 0 Å². The number of nitro benzene ring substituents is 1. The molecule has 0 amide bonds. The monoisotopic (exact) mass is 303 g/mol. The summed E-state index contributed by atoms with van der Waals surface area (Å²) in [4.78, 5) is 12.6. The molecule has 0 bridgehead atoms. The second kappa shape index (κ2) is 7.52. The van der Waals surface area contributed by atoms with Gasteiger partial charge in [-0.2, -0.15) is 0 Å². The molecule has 1 fully saturated rings. The molecular weight excluding hydrogens is 285 g/mol. The molecule has 0 atom stereocenters. The van der Waals surface area contributed by atoms with Crippen molar-refractivity contribution in [2.75, 3.05) is 20.1 Å². The van der Waals surface area contributed by atoms with E-state index < -0.39 is 10.7 Å². The highest BCUT2D eigenvalue weighted by molar-refractivity contribution is 5.85. The number of rotatable bonds is 4. The van der Waals surface area contributed by atoms with Crippen molar-refractivity contribution in [3.63, 3.8) is 0 Å². The summed E-state index contributed by atoms with van der Waals surface area (Å²) in [5.41, 5.74) is 0.449. The third-order valence-electron chi connectivity index (χ3n) is 3.63. The lowest BCUT2D eigenvalue weighted by molar-refractivity contribution is -0.385. The SMILES string of the molecule is CNC1CCN(Cc2cc(F)ccc2[N+](=O)[O-])CC1.Cl. The number of likely N-dealkylation sites (tertiary alicyclic amines) is 1. The van der Waals surface area contributed by atoms with Crippen LogP contribution in [0.15, 0.2) is 18.2 Å². The van der Waals surface area contributed by atoms with E-state index in [0.717, 1.165) is 32.0 Å². The van der Waals surface area contributed by atoms with Crippen molar-refractivity contribution in [2.45, 2.75) is 25.4 Å². The number of nitrogens with one attached hydrogen (secondary N) is 1. The highest BCUT2D eigenvalue weighted by Gasteiger charge is 2.21. The molecule has 20 heavy (non-hydrogen) atoms. The Morgan fingerprint density at radius 1 is 1.45 bits per heavy atom. The second-order valence-electron chi connectivity index (χ2n) is 4.87. The molecule has 1 saturated heterocycles. The molecule has 0 radical (unpaired) electrons. The van der Waals surface area contributed by atoms with Gasteiger partial charge in [-0.25, -0.2) is 4.39 Å². The molecule has 2 rings (SSSR count). The van der Waals surface area contributed by atoms with Crippen LogP contribution in [0.3, 0.4) is 0 Å². The van der Waals surface area contributed by atoms with E-state index in [1.807, 2.05) is 7.05 Å². The highest BCUT2D eigenvalue weighted by Crippen LogP contribution is 2.22. The fourth-order valence-electron chi connectivity index (χ4n) is 2.48. The number of piperidine rings is 1. The van der Waals surface area contributed by atoms with Gasteiger partial charge in [0.05, 0.1) is 4.92 Å². The van der Waals surface area contributed by atoms with Crippen LogP contribution in [-0.4, -0.2) is 36.0 Å². The van der Waals surface area contributed by atoms with E-state index in [-0.39, 0.29) is 18.1 Å². The topological polar surface area (TPSA) is 58.4 Å². The summed E-state index contributed by atoms with van der Waals surface area (Å²) in [6.45, 7) is 2.18. The van der Waals surface area contributed by atoms with E-state index in [1.165, 1.54) is 12.1 Å². The van der Waals surface area contributed by atoms with Crippen molar-refractivity contribution in [1.82, 2.24) is 10.2 Å². The van der Waals surface area contributed by atoms with E-state index in [4.69, 9.17) is 0 Å². The van der Waals surface area contributed by atoms with Crippen LogP contribution >= 0.6 is 12.4 Å². The number of halogens is 2. The zero-order valence-corrected chi connectivity index (χ0v) is 12.2. The average molecular weight is 304 g/mol. The first-order valence-electron chi connectivity index (χ1n) is 6.42. The summed E-state index contributed by atoms with van der Waals surface area (Å²) < 4.78 is 13.2. The zero-order valence-electron chi connectivity index (χ0n) is 11.3. The lowest BCUT2D eigenvalue weighted by Crippen LogP contribution is -2.40. The van der Waals surface area contributed by atoms with Crippen LogP contribution in [0.2, 0.25) is 0 Å². The molecule has 0 aromatic heterocycles. The van der Waals surface area contributed by atoms with Gasteiger partial charge in [-0.05, 0) is 45.1 Å². The van der Waals surface area contributed by atoms with E-state index >= 15 is 0 Å². The van der Waals surface area contributed by atoms with E-state index in [9.17, 15) is 14.5 Å². The zero-order chi connectivity index (χ0) is 13.8. The first-order chi connectivity index (χ1) is 9.10. The molecule has 1 aromatic carbocycles. The quantitative estimate of drug-likeness (QED) is 0.685. The number of hydrogen-bond donors (Lipinski definition) is 1. The standard InChI is InChI=1S/C13H18FN3O2.ClH/c1-15-12-4-6-16(7-5-12)9-10-8-11(14)2-3-13(10)17(18)19;/h2-3,8,12,15H,4-7,9H2,1H3;1H. The Kier molecular flexibility index (Phi) is 6.32. The van der Waals surface area contributed by atoms with Crippen LogP contribution < -0.4 is 5.32 Å². The average Bonchev–Trinajstić information content (AvgIpc) is 2.39. The van der Waals surface area contributed by atoms with Gasteiger partial charge in [0.15, 0.2) is 0 Å². The Hall–Kier alpha value is -1.24. The van der Waals surface area contributed by atoms with E-state index in [0.29, 0.717) is 18.2 Å². The molecule has 0 spiro atoms. The summed E-state index contributed by atoms with van der Waals surface area (Å²) in [7, 11) is 1.94. The van der Waals surface area contributed by atoms with Crippen molar-refractivity contribution in [3.8, 4) is 0 Å². The van der Waals surface area contributed by atoms with Gasteiger partial charge in [0, 0.05) is 24.2 Å². The molecule has 0 saturated carbocycles. The minimum Gasteiger partial charge on any atom is -0.317 e. The molecule has 1 aliphatic heterocycles. The first kappa shape index (κ1) is 16.8. The molecule has 1 N–H and O–H groups in total. The van der Waals surface area contributed by atoms with E-state index in [1.54, 1.807) is 0 Å². The third kappa shape index (κ3) is 4.13. The van der Waals surface area contributed by atoms with Gasteiger partial charge in [0.25, 0.3) is 5.69 Å². The molecule has 1 aliphatic rings. The van der Waals surface area contributed by atoms with Crippen LogP contribution in [0.25, 0.3) is 0 Å². The number of benzene rings is 1. The van der Waals surface area contributed by atoms with Crippen LogP contribution in [0.5, 0.6) is 0 Å². The normalized spacial score (nSPS) is 16.7. The van der Waals surface area contributed by atoms with Crippen molar-refractivity contribution in [3.05, 3.63) is 39.7 Å². The third-order valence-corrected chi connectivity index (χ3v) is 3.63. The van der Waals surface area contributed by atoms with Gasteiger partial charge in [0.1, 0.15) is 5.82 Å². The van der Waals surface area contributed by atoms with Crippen LogP contribution in [-0.2, 0) is 6.54 Å². The number of nitrogens with zero attached hydrogens (tertiary/aromatic N) is 2. The molecule has 0 aliphatic carbocycles. The van der Waals surface area contributed by atoms with Crippen molar-refractivity contribution in [2.24, 2.45) is 0 Å². The second-order valence-corrected chi connectivity index (χ2v) is 4.87. The minimum absolute atomic E-state index is 0. The van der Waals surface area contributed by atoms with Gasteiger partial charge in [0.2, 0.25) is 0 Å². The molecular formula is C13H19ClFN3O2. The molecule has 7 heteroatoms. The summed E-state index contributed by atoms with van der Waals surface area (Å²) in [5.74, 6) is -0.425. The van der Waals surface area contributed by atoms with Gasteiger partial charge in [-0.15, -0.1) is 12.4 Å². The Labute approximate surface area is 123 Å². The lowest BCUT2D eigenvalue weighted by Gasteiger charge is -2.31. The molecule has 1 heterocycles. The predicted octanol–water partition coefficient (Wildman–Crippen LogP) is 2.34. The Balaban J connectivity index is 0.00000200. The van der Waals surface area contributed by atoms with Gasteiger partial charge in [-0.1, -0.05) is 0 Å². The fourth-order valence-corrected chi connectivity index (χ4v) is 2.48. The smallest absolute Gasteiger partial charge is 0.274 e. The number of nitro groups is 1. The molecule has 0 unspecified atom stereocenters. The van der Waals surface area contributed by atoms with Crippen molar-refractivity contribution in [1.29, 1.82) is 0 Å². The van der Waals surface area contributed by atoms with Crippen LogP contribution in [0, 0.1) is 15.9 Å².